The number of amides is 1. The van der Waals surface area contributed by atoms with E-state index in [4.69, 9.17) is 23.7 Å². The van der Waals surface area contributed by atoms with E-state index in [1.807, 2.05) is 54.9 Å². The predicted molar refractivity (Wildman–Crippen MR) is 141 cm³/mol. The molecule has 2 fully saturated rings. The van der Waals surface area contributed by atoms with Crippen molar-refractivity contribution in [1.82, 2.24) is 19.4 Å². The van der Waals surface area contributed by atoms with Crippen LogP contribution in [0.1, 0.15) is 51.8 Å². The molecular weight excluding hydrogens is 504 g/mol. The van der Waals surface area contributed by atoms with Gasteiger partial charge in [-0.15, -0.1) is 0 Å². The Morgan fingerprint density at radius 3 is 2.51 bits per heavy atom. The minimum atomic E-state index is -0.898. The Hall–Kier alpha value is -3.25. The Kier molecular flexibility index (Phi) is 7.27. The number of fused-ring (bicyclic) bond motifs is 2. The van der Waals surface area contributed by atoms with Gasteiger partial charge >= 0.3 is 6.09 Å². The molecule has 1 aromatic carbocycles. The number of aliphatic hydroxyl groups is 1. The van der Waals surface area contributed by atoms with Crippen molar-refractivity contribution in [3.8, 4) is 5.88 Å². The minimum absolute atomic E-state index is 0.189. The van der Waals surface area contributed by atoms with Gasteiger partial charge in [-0.1, -0.05) is 30.3 Å². The maximum Gasteiger partial charge on any atom is 0.411 e. The standard InChI is InChI=1S/C28H36N4O7/c1-27(2,3)39-26(34)32-19(13-33)23-24(38-28(4,5)37-23)21(32)18-12-31(16-36-14-17-10-8-7-9-11-17)22-20(18)29-15-30-25(22)35-6/h7-12,15,19,21,23-24,33H,13-14,16H2,1-6H3/t19-,21+,23-,24+/m1/s1. The number of nitrogens with zero attached hydrogens (tertiary/aromatic N) is 4. The van der Waals surface area contributed by atoms with E-state index in [1.165, 1.54) is 11.2 Å². The summed E-state index contributed by atoms with van der Waals surface area (Å²) in [4.78, 5) is 24.0. The summed E-state index contributed by atoms with van der Waals surface area (Å²) in [6.45, 7) is 9.31. The highest BCUT2D eigenvalue weighted by Crippen LogP contribution is 2.49. The molecule has 11 nitrogen and oxygen atoms in total. The van der Waals surface area contributed by atoms with Crippen LogP contribution in [0.4, 0.5) is 4.79 Å². The summed E-state index contributed by atoms with van der Waals surface area (Å²) in [7, 11) is 1.54. The summed E-state index contributed by atoms with van der Waals surface area (Å²) < 4.78 is 31.8. The second-order valence-electron chi connectivity index (χ2n) is 11.2. The Morgan fingerprint density at radius 2 is 1.85 bits per heavy atom. The van der Waals surface area contributed by atoms with Crippen LogP contribution in [-0.4, -0.2) is 74.0 Å². The zero-order valence-electron chi connectivity index (χ0n) is 23.2. The first kappa shape index (κ1) is 27.3. The molecule has 0 radical (unpaired) electrons. The van der Waals surface area contributed by atoms with Gasteiger partial charge in [0, 0.05) is 11.8 Å². The van der Waals surface area contributed by atoms with Gasteiger partial charge in [-0.25, -0.2) is 9.78 Å². The third kappa shape index (κ3) is 5.31. The zero-order valence-corrected chi connectivity index (χ0v) is 23.2. The Morgan fingerprint density at radius 1 is 1.13 bits per heavy atom. The number of carbonyl (C=O) groups is 1. The lowest BCUT2D eigenvalue weighted by molar-refractivity contribution is -0.169. The highest BCUT2D eigenvalue weighted by Gasteiger charge is 2.60. The van der Waals surface area contributed by atoms with Crippen LogP contribution in [-0.2, 0) is 32.3 Å². The van der Waals surface area contributed by atoms with E-state index in [0.29, 0.717) is 29.1 Å². The van der Waals surface area contributed by atoms with Crippen LogP contribution in [0.2, 0.25) is 0 Å². The van der Waals surface area contributed by atoms with E-state index in [0.717, 1.165) is 5.56 Å². The molecule has 0 bridgehead atoms. The van der Waals surface area contributed by atoms with E-state index in [1.54, 1.807) is 27.9 Å². The Bertz CT molecular complexity index is 1320. The van der Waals surface area contributed by atoms with E-state index in [-0.39, 0.29) is 13.3 Å². The summed E-state index contributed by atoms with van der Waals surface area (Å²) in [5, 5.41) is 10.4. The van der Waals surface area contributed by atoms with Crippen molar-refractivity contribution >= 4 is 17.1 Å². The molecule has 0 spiro atoms. The van der Waals surface area contributed by atoms with Gasteiger partial charge in [-0.3, -0.25) is 4.90 Å². The average Bonchev–Trinajstić information content (AvgIpc) is 3.49. The first-order valence-electron chi connectivity index (χ1n) is 13.0. The maximum atomic E-state index is 13.6. The quantitative estimate of drug-likeness (QED) is 0.478. The molecule has 5 rings (SSSR count). The van der Waals surface area contributed by atoms with Gasteiger partial charge in [-0.05, 0) is 40.2 Å². The number of aliphatic hydroxyl groups excluding tert-OH is 1. The number of hydrogen-bond donors (Lipinski definition) is 1. The molecule has 0 unspecified atom stereocenters. The van der Waals surface area contributed by atoms with Gasteiger partial charge in [0.05, 0.1) is 32.4 Å². The monoisotopic (exact) mass is 540 g/mol. The van der Waals surface area contributed by atoms with Crippen LogP contribution in [0.3, 0.4) is 0 Å². The van der Waals surface area contributed by atoms with Crippen LogP contribution >= 0.6 is 0 Å². The van der Waals surface area contributed by atoms with Crippen LogP contribution in [0.15, 0.2) is 42.9 Å². The van der Waals surface area contributed by atoms with Crippen LogP contribution in [0.5, 0.6) is 5.88 Å². The Balaban J connectivity index is 1.58. The van der Waals surface area contributed by atoms with Gasteiger partial charge in [0.25, 0.3) is 0 Å². The Labute approximate surface area is 227 Å². The van der Waals surface area contributed by atoms with Gasteiger partial charge < -0.3 is 33.4 Å². The average molecular weight is 541 g/mol. The number of methoxy groups -OCH3 is 1. The third-order valence-corrected chi connectivity index (χ3v) is 6.80. The molecule has 4 heterocycles. The smallest absolute Gasteiger partial charge is 0.411 e. The summed E-state index contributed by atoms with van der Waals surface area (Å²) >= 11 is 0. The number of hydrogen-bond acceptors (Lipinski definition) is 9. The molecule has 0 saturated carbocycles. The van der Waals surface area contributed by atoms with Crippen molar-refractivity contribution in [2.24, 2.45) is 0 Å². The molecule has 2 aliphatic rings. The van der Waals surface area contributed by atoms with Crippen molar-refractivity contribution in [2.45, 2.75) is 83.6 Å². The van der Waals surface area contributed by atoms with Gasteiger partial charge in [-0.2, -0.15) is 4.98 Å². The molecule has 2 aromatic heterocycles. The molecule has 0 aliphatic carbocycles. The topological polar surface area (TPSA) is 117 Å². The van der Waals surface area contributed by atoms with Crippen LogP contribution in [0.25, 0.3) is 11.0 Å². The van der Waals surface area contributed by atoms with Crippen molar-refractivity contribution in [2.75, 3.05) is 13.7 Å². The highest BCUT2D eigenvalue weighted by molar-refractivity contribution is 5.85. The fourth-order valence-corrected chi connectivity index (χ4v) is 5.39. The largest absolute Gasteiger partial charge is 0.479 e. The molecule has 1 amide bonds. The zero-order chi connectivity index (χ0) is 27.9. The van der Waals surface area contributed by atoms with Gasteiger partial charge in [0.15, 0.2) is 5.79 Å². The molecule has 2 aliphatic heterocycles. The van der Waals surface area contributed by atoms with Gasteiger partial charge in [0.2, 0.25) is 5.88 Å². The van der Waals surface area contributed by atoms with Crippen LogP contribution in [0, 0.1) is 0 Å². The summed E-state index contributed by atoms with van der Waals surface area (Å²) in [5.74, 6) is -0.527. The lowest BCUT2D eigenvalue weighted by Crippen LogP contribution is -2.47. The summed E-state index contributed by atoms with van der Waals surface area (Å²) in [5.41, 5.74) is 2.18. The maximum absolute atomic E-state index is 13.6. The first-order valence-corrected chi connectivity index (χ1v) is 13.0. The number of aromatic nitrogens is 3. The van der Waals surface area contributed by atoms with Crippen molar-refractivity contribution in [3.05, 3.63) is 54.0 Å². The second kappa shape index (κ2) is 10.4. The van der Waals surface area contributed by atoms with E-state index in [2.05, 4.69) is 9.97 Å². The number of benzene rings is 1. The fraction of sp³-hybridized carbons (Fsp3) is 0.536. The molecule has 3 aromatic rings. The SMILES string of the molecule is COc1ncnc2c([C@H]3[C@@H]4OC(C)(C)O[C@@H]4[C@@H](CO)N3C(=O)OC(C)(C)C)cn(COCc3ccccc3)c12. The molecule has 2 saturated heterocycles. The number of carbonyl (C=O) groups excluding carboxylic acids is 1. The predicted octanol–water partition coefficient (Wildman–Crippen LogP) is 3.79. The highest BCUT2D eigenvalue weighted by atomic mass is 16.8. The molecule has 1 N–H and O–H groups in total. The minimum Gasteiger partial charge on any atom is -0.479 e. The van der Waals surface area contributed by atoms with Crippen LogP contribution < -0.4 is 4.74 Å². The number of ether oxygens (including phenoxy) is 5. The molecular formula is C28H36N4O7. The normalized spacial score (nSPS) is 24.2. The number of likely N-dealkylation sites (tertiary alicyclic amines) is 1. The lowest BCUT2D eigenvalue weighted by Gasteiger charge is -2.34. The van der Waals surface area contributed by atoms with Gasteiger partial charge in [0.1, 0.15) is 41.9 Å². The van der Waals surface area contributed by atoms with E-state index < -0.39 is 41.8 Å². The lowest BCUT2D eigenvalue weighted by atomic mass is 10.0. The van der Waals surface area contributed by atoms with E-state index >= 15 is 0 Å². The summed E-state index contributed by atoms with van der Waals surface area (Å²) in [6, 6.07) is 8.52. The molecule has 11 heteroatoms. The summed E-state index contributed by atoms with van der Waals surface area (Å²) in [6.07, 6.45) is 1.58. The second-order valence-corrected chi connectivity index (χ2v) is 11.2. The van der Waals surface area contributed by atoms with Crippen molar-refractivity contribution in [3.63, 3.8) is 0 Å². The van der Waals surface area contributed by atoms with E-state index in [9.17, 15) is 9.90 Å². The fourth-order valence-electron chi connectivity index (χ4n) is 5.39. The number of rotatable bonds is 7. The molecule has 4 atom stereocenters. The third-order valence-electron chi connectivity index (χ3n) is 6.80. The van der Waals surface area contributed by atoms with Crippen molar-refractivity contribution in [1.29, 1.82) is 0 Å². The molecule has 39 heavy (non-hydrogen) atoms. The molecule has 210 valence electrons. The first-order chi connectivity index (χ1) is 18.5. The van der Waals surface area contributed by atoms with Crippen molar-refractivity contribution < 1.29 is 33.6 Å².